The maximum atomic E-state index is 13.3. The van der Waals surface area contributed by atoms with Crippen molar-refractivity contribution in [2.24, 2.45) is 0 Å². The van der Waals surface area contributed by atoms with Crippen LogP contribution >= 0.6 is 0 Å². The number of nitrogens with zero attached hydrogens (tertiary/aromatic N) is 7. The lowest BCUT2D eigenvalue weighted by Gasteiger charge is -2.13. The van der Waals surface area contributed by atoms with E-state index in [1.54, 1.807) is 38.1 Å². The summed E-state index contributed by atoms with van der Waals surface area (Å²) in [6.07, 6.45) is -0.201. The van der Waals surface area contributed by atoms with Crippen molar-refractivity contribution >= 4 is 23.0 Å². The van der Waals surface area contributed by atoms with Gasteiger partial charge < -0.3 is 24.7 Å². The number of hydrogen-bond acceptors (Lipinski definition) is 9. The summed E-state index contributed by atoms with van der Waals surface area (Å²) in [6, 6.07) is 6.71. The Kier molecular flexibility index (Phi) is 6.94. The molecule has 12 nitrogen and oxygen atoms in total. The van der Waals surface area contributed by atoms with Gasteiger partial charge in [0.2, 0.25) is 11.7 Å². The summed E-state index contributed by atoms with van der Waals surface area (Å²) in [7, 11) is 1.48. The Balaban J connectivity index is 1.34. The van der Waals surface area contributed by atoms with Crippen LogP contribution in [-0.2, 0) is 12.7 Å². The van der Waals surface area contributed by atoms with Gasteiger partial charge in [0.05, 0.1) is 12.8 Å². The van der Waals surface area contributed by atoms with E-state index in [0.29, 0.717) is 28.3 Å². The number of hydrogen-bond donors (Lipinski definition) is 3. The zero-order valence-electron chi connectivity index (χ0n) is 23.3. The number of carbonyl (C=O) groups is 1. The predicted octanol–water partition coefficient (Wildman–Crippen LogP) is 5.47. The molecular formula is C28H26F3N9O3. The molecule has 1 aromatic carbocycles. The number of alkyl halides is 3. The molecule has 1 saturated carbocycles. The Bertz CT molecular complexity index is 1830. The summed E-state index contributed by atoms with van der Waals surface area (Å²) in [6.45, 7) is 3.82. The first kappa shape index (κ1) is 28.1. The van der Waals surface area contributed by atoms with E-state index < -0.39 is 17.8 Å². The average molecular weight is 594 g/mol. The van der Waals surface area contributed by atoms with Gasteiger partial charge in [-0.15, -0.1) is 0 Å². The molecule has 15 heteroatoms. The van der Waals surface area contributed by atoms with Crippen molar-refractivity contribution in [3.05, 3.63) is 59.6 Å². The number of halogens is 3. The summed E-state index contributed by atoms with van der Waals surface area (Å²) in [5.41, 5.74) is 2.05. The highest BCUT2D eigenvalue weighted by molar-refractivity contribution is 5.92. The maximum absolute atomic E-state index is 13.3. The molecule has 4 heterocycles. The van der Waals surface area contributed by atoms with Crippen molar-refractivity contribution < 1.29 is 27.8 Å². The number of aromatic nitrogens is 8. The zero-order chi connectivity index (χ0) is 30.5. The van der Waals surface area contributed by atoms with E-state index in [2.05, 4.69) is 35.2 Å². The highest BCUT2D eigenvalue weighted by Crippen LogP contribution is 2.45. The standard InChI is InChI=1S/C28H26F3N9O3/c1-13(2)40-11-17(28(29,30)31)35-25(40)16-6-4-14(5-7-16)10-32-22-20-23(39-24(36-20)27(41)42)38-21(37-22)18-19(15-8-9-15)33-12-34-26(18)43-3/h4-7,11-13,15H,8-10H2,1-3H3,(H,41,42)(H2,32,36,37,38,39). The van der Waals surface area contributed by atoms with Crippen molar-refractivity contribution in [1.29, 1.82) is 0 Å². The number of methoxy groups -OCH3 is 1. The zero-order valence-corrected chi connectivity index (χ0v) is 23.3. The largest absolute Gasteiger partial charge is 0.480 e. The Morgan fingerprint density at radius 3 is 2.51 bits per heavy atom. The van der Waals surface area contributed by atoms with Crippen LogP contribution < -0.4 is 10.1 Å². The van der Waals surface area contributed by atoms with Crippen molar-refractivity contribution in [1.82, 2.24) is 39.5 Å². The summed E-state index contributed by atoms with van der Waals surface area (Å²) in [5.74, 6) is -0.307. The lowest BCUT2D eigenvalue weighted by Crippen LogP contribution is -2.07. The number of fused-ring (bicyclic) bond motifs is 1. The lowest BCUT2D eigenvalue weighted by atomic mass is 10.1. The van der Waals surface area contributed by atoms with Gasteiger partial charge in [-0.1, -0.05) is 24.3 Å². The van der Waals surface area contributed by atoms with Crippen molar-refractivity contribution in [3.8, 4) is 28.7 Å². The fraction of sp³-hybridized carbons (Fsp3) is 0.321. The van der Waals surface area contributed by atoms with E-state index in [4.69, 9.17) is 9.72 Å². The number of carboxylic acid groups (broad SMARTS) is 1. The van der Waals surface area contributed by atoms with Crippen LogP contribution in [0.2, 0.25) is 0 Å². The number of imidazole rings is 2. The van der Waals surface area contributed by atoms with Crippen molar-refractivity contribution in [2.75, 3.05) is 12.4 Å². The van der Waals surface area contributed by atoms with Gasteiger partial charge in [-0.25, -0.2) is 34.7 Å². The second kappa shape index (κ2) is 10.6. The number of ether oxygens (including phenoxy) is 1. The highest BCUT2D eigenvalue weighted by atomic mass is 19.4. The number of benzene rings is 1. The second-order valence-corrected chi connectivity index (χ2v) is 10.4. The number of nitrogens with one attached hydrogen (secondary N) is 2. The third-order valence-corrected chi connectivity index (χ3v) is 7.03. The molecule has 43 heavy (non-hydrogen) atoms. The minimum atomic E-state index is -4.55. The molecule has 0 spiro atoms. The first-order chi connectivity index (χ1) is 20.5. The number of anilines is 1. The molecule has 222 valence electrons. The molecule has 0 aliphatic heterocycles. The number of H-pyrrole nitrogens is 1. The van der Waals surface area contributed by atoms with Gasteiger partial charge in [-0.3, -0.25) is 0 Å². The van der Waals surface area contributed by atoms with E-state index in [1.165, 1.54) is 18.0 Å². The molecule has 4 aromatic heterocycles. The summed E-state index contributed by atoms with van der Waals surface area (Å²) < 4.78 is 47.0. The van der Waals surface area contributed by atoms with Crippen LogP contribution in [0.5, 0.6) is 5.88 Å². The maximum Gasteiger partial charge on any atom is 0.434 e. The smallest absolute Gasteiger partial charge is 0.434 e. The SMILES string of the molecule is COc1ncnc(C2CC2)c1-c1nc(NCc2ccc(-c3nc(C(F)(F)F)cn3C(C)C)cc2)c2[nH]c(C(=O)O)nc2n1. The molecule has 0 atom stereocenters. The number of aromatic amines is 1. The molecule has 1 fully saturated rings. The molecular weight excluding hydrogens is 567 g/mol. The molecule has 3 N–H and O–H groups in total. The number of rotatable bonds is 9. The van der Waals surface area contributed by atoms with Gasteiger partial charge in [0.15, 0.2) is 23.0 Å². The fourth-order valence-corrected chi connectivity index (χ4v) is 4.75. The van der Waals surface area contributed by atoms with Crippen LogP contribution in [0.15, 0.2) is 36.8 Å². The quantitative estimate of drug-likeness (QED) is 0.200. The van der Waals surface area contributed by atoms with E-state index in [1.807, 2.05) is 0 Å². The highest BCUT2D eigenvalue weighted by Gasteiger charge is 2.35. The van der Waals surface area contributed by atoms with Crippen LogP contribution in [0.4, 0.5) is 19.0 Å². The normalized spacial score (nSPS) is 13.6. The van der Waals surface area contributed by atoms with E-state index in [-0.39, 0.29) is 41.6 Å². The molecule has 0 unspecified atom stereocenters. The average Bonchev–Trinajstić information content (AvgIpc) is 3.55. The molecule has 0 amide bonds. The van der Waals surface area contributed by atoms with Gasteiger partial charge in [-0.2, -0.15) is 13.2 Å². The van der Waals surface area contributed by atoms with Crippen molar-refractivity contribution in [2.45, 2.75) is 51.4 Å². The molecule has 5 aromatic rings. The van der Waals surface area contributed by atoms with Crippen LogP contribution in [-0.4, -0.2) is 57.6 Å². The van der Waals surface area contributed by atoms with Crippen LogP contribution in [0.3, 0.4) is 0 Å². The first-order valence-corrected chi connectivity index (χ1v) is 13.4. The van der Waals surface area contributed by atoms with E-state index in [9.17, 15) is 23.1 Å². The number of aromatic carboxylic acids is 1. The van der Waals surface area contributed by atoms with Gasteiger partial charge in [-0.05, 0) is 32.3 Å². The third kappa shape index (κ3) is 5.45. The third-order valence-electron chi connectivity index (χ3n) is 7.03. The topological polar surface area (TPSA) is 157 Å². The van der Waals surface area contributed by atoms with Crippen LogP contribution in [0.1, 0.15) is 66.2 Å². The Hall–Kier alpha value is -5.08. The minimum Gasteiger partial charge on any atom is -0.480 e. The molecule has 6 rings (SSSR count). The summed E-state index contributed by atoms with van der Waals surface area (Å²) >= 11 is 0. The molecule has 1 aliphatic rings. The minimum absolute atomic E-state index is 0.133. The Labute approximate surface area is 242 Å². The van der Waals surface area contributed by atoms with Crippen LogP contribution in [0.25, 0.3) is 33.9 Å². The first-order valence-electron chi connectivity index (χ1n) is 13.4. The van der Waals surface area contributed by atoms with Gasteiger partial charge in [0.1, 0.15) is 23.2 Å². The second-order valence-electron chi connectivity index (χ2n) is 10.4. The van der Waals surface area contributed by atoms with E-state index in [0.717, 1.165) is 30.3 Å². The molecule has 0 bridgehead atoms. The molecule has 1 aliphatic carbocycles. The molecule has 0 radical (unpaired) electrons. The Morgan fingerprint density at radius 1 is 1.14 bits per heavy atom. The molecule has 0 saturated heterocycles. The van der Waals surface area contributed by atoms with Gasteiger partial charge in [0.25, 0.3) is 0 Å². The van der Waals surface area contributed by atoms with Gasteiger partial charge in [0, 0.05) is 30.3 Å². The monoisotopic (exact) mass is 593 g/mol. The predicted molar refractivity (Wildman–Crippen MR) is 149 cm³/mol. The van der Waals surface area contributed by atoms with E-state index >= 15 is 0 Å². The fourth-order valence-electron chi connectivity index (χ4n) is 4.75. The Morgan fingerprint density at radius 2 is 1.88 bits per heavy atom. The van der Waals surface area contributed by atoms with Gasteiger partial charge >= 0.3 is 12.1 Å². The lowest BCUT2D eigenvalue weighted by molar-refractivity contribution is -0.140. The number of carboxylic acids is 1. The summed E-state index contributed by atoms with van der Waals surface area (Å²) in [4.78, 5) is 40.3. The van der Waals surface area contributed by atoms with Crippen LogP contribution in [0, 0.1) is 0 Å². The van der Waals surface area contributed by atoms with Crippen molar-refractivity contribution in [3.63, 3.8) is 0 Å². The summed E-state index contributed by atoms with van der Waals surface area (Å²) in [5, 5.41) is 12.7.